The normalized spacial score (nSPS) is 8.69. The van der Waals surface area contributed by atoms with Crippen LogP contribution in [0, 0.1) is 12.3 Å². The van der Waals surface area contributed by atoms with E-state index >= 15 is 0 Å². The second-order valence-corrected chi connectivity index (χ2v) is 2.55. The third-order valence-corrected chi connectivity index (χ3v) is 1.57. The lowest BCUT2D eigenvalue weighted by atomic mass is 10.3. The number of hydrogen-bond donors (Lipinski definition) is 0. The predicted octanol–water partition coefficient (Wildman–Crippen LogP) is 0.0312. The Morgan fingerprint density at radius 2 is 2.15 bits per heavy atom. The van der Waals surface area contributed by atoms with Crippen molar-refractivity contribution in [2.75, 3.05) is 20.7 Å². The van der Waals surface area contributed by atoms with Gasteiger partial charge in [-0.25, -0.2) is 0 Å². The molecule has 0 atom stereocenters. The van der Waals surface area contributed by atoms with E-state index in [9.17, 15) is 9.59 Å². The van der Waals surface area contributed by atoms with Crippen LogP contribution in [0.15, 0.2) is 0 Å². The first kappa shape index (κ1) is 11.5. The Kier molecular flexibility index (Phi) is 5.37. The van der Waals surface area contributed by atoms with Crippen LogP contribution >= 0.6 is 0 Å². The van der Waals surface area contributed by atoms with Crippen molar-refractivity contribution in [3.8, 4) is 12.3 Å². The van der Waals surface area contributed by atoms with Crippen LogP contribution in [0.25, 0.3) is 0 Å². The third-order valence-electron chi connectivity index (χ3n) is 1.57. The largest absolute Gasteiger partial charge is 0.469 e. The second kappa shape index (κ2) is 6.06. The summed E-state index contributed by atoms with van der Waals surface area (Å²) in [7, 11) is 2.93. The highest BCUT2D eigenvalue weighted by Gasteiger charge is 2.05. The molecule has 0 radical (unpaired) electrons. The van der Waals surface area contributed by atoms with Crippen molar-refractivity contribution in [2.45, 2.75) is 12.8 Å². The molecule has 0 spiro atoms. The molecule has 0 saturated heterocycles. The van der Waals surface area contributed by atoms with Gasteiger partial charge in [-0.15, -0.1) is 6.42 Å². The standard InChI is InChI=1S/C9H13NO3/c1-4-8(11)10(2)7-5-6-9(12)13-3/h1H,5-7H2,2-3H3. The Labute approximate surface area is 77.9 Å². The van der Waals surface area contributed by atoms with Crippen molar-refractivity contribution < 1.29 is 14.3 Å². The van der Waals surface area contributed by atoms with Gasteiger partial charge in [0.1, 0.15) is 0 Å². The van der Waals surface area contributed by atoms with Gasteiger partial charge in [0.25, 0.3) is 5.91 Å². The van der Waals surface area contributed by atoms with E-state index < -0.39 is 0 Å². The molecule has 72 valence electrons. The molecule has 0 aliphatic rings. The van der Waals surface area contributed by atoms with Crippen molar-refractivity contribution in [1.29, 1.82) is 0 Å². The number of methoxy groups -OCH3 is 1. The molecule has 0 unspecified atom stereocenters. The van der Waals surface area contributed by atoms with Gasteiger partial charge >= 0.3 is 5.97 Å². The van der Waals surface area contributed by atoms with Crippen LogP contribution in [-0.4, -0.2) is 37.5 Å². The van der Waals surface area contributed by atoms with Gasteiger partial charge in [-0.2, -0.15) is 0 Å². The summed E-state index contributed by atoms with van der Waals surface area (Å²) in [4.78, 5) is 22.9. The van der Waals surface area contributed by atoms with Crippen LogP contribution < -0.4 is 0 Å². The molecule has 1 amide bonds. The highest BCUT2D eigenvalue weighted by Crippen LogP contribution is 1.94. The minimum atomic E-state index is -0.370. The lowest BCUT2D eigenvalue weighted by Gasteiger charge is -2.12. The lowest BCUT2D eigenvalue weighted by Crippen LogP contribution is -2.26. The van der Waals surface area contributed by atoms with E-state index in [1.807, 2.05) is 5.92 Å². The molecule has 0 aromatic carbocycles. The molecule has 0 aromatic rings. The zero-order valence-corrected chi connectivity index (χ0v) is 7.87. The lowest BCUT2D eigenvalue weighted by molar-refractivity contribution is -0.141. The van der Waals surface area contributed by atoms with Gasteiger partial charge in [0, 0.05) is 20.0 Å². The molecule has 0 aliphatic carbocycles. The monoisotopic (exact) mass is 183 g/mol. The van der Waals surface area contributed by atoms with Crippen LogP contribution in [0.5, 0.6) is 0 Å². The average Bonchev–Trinajstić information content (AvgIpc) is 2.15. The van der Waals surface area contributed by atoms with Gasteiger partial charge in [0.2, 0.25) is 0 Å². The summed E-state index contributed by atoms with van der Waals surface area (Å²) < 4.78 is 4.44. The van der Waals surface area contributed by atoms with E-state index in [0.717, 1.165) is 0 Å². The summed E-state index contributed by atoms with van der Waals surface area (Å²) in [5.41, 5.74) is 0. The molecule has 4 nitrogen and oxygen atoms in total. The predicted molar refractivity (Wildman–Crippen MR) is 47.7 cm³/mol. The summed E-state index contributed by atoms with van der Waals surface area (Å²) in [6.07, 6.45) is 5.77. The smallest absolute Gasteiger partial charge is 0.305 e. The fourth-order valence-corrected chi connectivity index (χ4v) is 0.774. The van der Waals surface area contributed by atoms with Gasteiger partial charge in [-0.1, -0.05) is 0 Å². The number of rotatable bonds is 4. The topological polar surface area (TPSA) is 46.6 Å². The zero-order chi connectivity index (χ0) is 10.3. The molecule has 0 rings (SSSR count). The molecule has 0 heterocycles. The SMILES string of the molecule is C#CC(=O)N(C)CCCC(=O)OC. The van der Waals surface area contributed by atoms with Crippen molar-refractivity contribution >= 4 is 11.9 Å². The maximum Gasteiger partial charge on any atom is 0.305 e. The number of carbonyl (C=O) groups is 2. The number of carbonyl (C=O) groups excluding carboxylic acids is 2. The van der Waals surface area contributed by atoms with Crippen molar-refractivity contribution in [3.63, 3.8) is 0 Å². The number of esters is 1. The highest BCUT2D eigenvalue weighted by molar-refractivity contribution is 5.92. The van der Waals surface area contributed by atoms with E-state index in [-0.39, 0.29) is 11.9 Å². The van der Waals surface area contributed by atoms with Crippen molar-refractivity contribution in [1.82, 2.24) is 4.90 Å². The van der Waals surface area contributed by atoms with Gasteiger partial charge in [-0.05, 0) is 12.3 Å². The van der Waals surface area contributed by atoms with Gasteiger partial charge in [0.15, 0.2) is 0 Å². The summed E-state index contributed by atoms with van der Waals surface area (Å²) in [6, 6.07) is 0. The second-order valence-electron chi connectivity index (χ2n) is 2.55. The van der Waals surface area contributed by atoms with Gasteiger partial charge in [0.05, 0.1) is 7.11 Å². The quantitative estimate of drug-likeness (QED) is 0.456. The van der Waals surface area contributed by atoms with Crippen LogP contribution in [0.4, 0.5) is 0 Å². The zero-order valence-electron chi connectivity index (χ0n) is 7.87. The minimum absolute atomic E-state index is 0.276. The van der Waals surface area contributed by atoms with Crippen LogP contribution in [-0.2, 0) is 14.3 Å². The molecule has 4 heteroatoms. The van der Waals surface area contributed by atoms with E-state index in [1.165, 1.54) is 12.0 Å². The van der Waals surface area contributed by atoms with E-state index in [4.69, 9.17) is 6.42 Å². The summed E-state index contributed by atoms with van der Waals surface area (Å²) in [5, 5.41) is 0. The van der Waals surface area contributed by atoms with Crippen LogP contribution in [0.1, 0.15) is 12.8 Å². The van der Waals surface area contributed by atoms with Gasteiger partial charge in [-0.3, -0.25) is 9.59 Å². The number of ether oxygens (including phenoxy) is 1. The van der Waals surface area contributed by atoms with Gasteiger partial charge < -0.3 is 9.64 Å². The van der Waals surface area contributed by atoms with Crippen molar-refractivity contribution in [3.05, 3.63) is 0 Å². The summed E-state index contributed by atoms with van der Waals surface area (Å²) in [5.74, 6) is 1.34. The molecule has 13 heavy (non-hydrogen) atoms. The Hall–Kier alpha value is -1.50. The average molecular weight is 183 g/mol. The Bertz CT molecular complexity index is 230. The Morgan fingerprint density at radius 1 is 1.54 bits per heavy atom. The number of nitrogens with zero attached hydrogens (tertiary/aromatic N) is 1. The fraction of sp³-hybridized carbons (Fsp3) is 0.556. The number of hydrogen-bond acceptors (Lipinski definition) is 3. The highest BCUT2D eigenvalue weighted by atomic mass is 16.5. The molecule has 0 N–H and O–H groups in total. The summed E-state index contributed by atoms with van der Waals surface area (Å²) in [6.45, 7) is 0.470. The fourth-order valence-electron chi connectivity index (χ4n) is 0.774. The molecule has 0 bridgehead atoms. The van der Waals surface area contributed by atoms with E-state index in [1.54, 1.807) is 7.05 Å². The Morgan fingerprint density at radius 3 is 2.62 bits per heavy atom. The third kappa shape index (κ3) is 4.86. The molecule has 0 aliphatic heterocycles. The minimum Gasteiger partial charge on any atom is -0.469 e. The van der Waals surface area contributed by atoms with Crippen molar-refractivity contribution in [2.24, 2.45) is 0 Å². The van der Waals surface area contributed by atoms with Crippen LogP contribution in [0.3, 0.4) is 0 Å². The molecule has 0 fully saturated rings. The molecular formula is C9H13NO3. The molecular weight excluding hydrogens is 170 g/mol. The van der Waals surface area contributed by atoms with E-state index in [0.29, 0.717) is 19.4 Å². The maximum absolute atomic E-state index is 10.8. The molecule has 0 aromatic heterocycles. The summed E-state index contributed by atoms with van der Waals surface area (Å²) >= 11 is 0. The number of amides is 1. The first-order valence-corrected chi connectivity index (χ1v) is 3.90. The number of terminal acetylenes is 1. The molecule has 0 saturated carbocycles. The van der Waals surface area contributed by atoms with E-state index in [2.05, 4.69) is 4.74 Å². The first-order chi connectivity index (χ1) is 6.11. The first-order valence-electron chi connectivity index (χ1n) is 3.90. The Balaban J connectivity index is 3.60. The van der Waals surface area contributed by atoms with Crippen LogP contribution in [0.2, 0.25) is 0 Å². The maximum atomic E-state index is 10.8.